The van der Waals surface area contributed by atoms with Crippen LogP contribution in [0.1, 0.15) is 11.1 Å². The molecule has 1 N–H and O–H groups in total. The summed E-state index contributed by atoms with van der Waals surface area (Å²) < 4.78 is 0.733. The molecule has 0 atom stereocenters. The summed E-state index contributed by atoms with van der Waals surface area (Å²) in [5, 5.41) is 18.2. The third-order valence-corrected chi connectivity index (χ3v) is 3.84. The van der Waals surface area contributed by atoms with E-state index >= 15 is 0 Å². The van der Waals surface area contributed by atoms with E-state index in [1.54, 1.807) is 17.4 Å². The molecule has 4 nitrogen and oxygen atoms in total. The Morgan fingerprint density at radius 3 is 2.84 bits per heavy atom. The van der Waals surface area contributed by atoms with Crippen molar-refractivity contribution in [2.75, 3.05) is 6.54 Å². The number of thiophene rings is 1. The maximum Gasteiger partial charge on any atom is 0.270 e. The zero-order valence-electron chi connectivity index (χ0n) is 10.1. The number of nitro groups is 1. The SMILES string of the molecule is O=[N+]([O-])c1cc(Br)cc(CNCCc2ccsc2)c1. The average molecular weight is 341 g/mol. The van der Waals surface area contributed by atoms with E-state index < -0.39 is 0 Å². The van der Waals surface area contributed by atoms with Gasteiger partial charge in [-0.25, -0.2) is 0 Å². The number of nitrogens with zero attached hydrogens (tertiary/aromatic N) is 1. The number of nitro benzene ring substituents is 1. The van der Waals surface area contributed by atoms with Gasteiger partial charge in [0.15, 0.2) is 0 Å². The quantitative estimate of drug-likeness (QED) is 0.495. The normalized spacial score (nSPS) is 10.6. The number of hydrogen-bond acceptors (Lipinski definition) is 4. The van der Waals surface area contributed by atoms with Crippen molar-refractivity contribution < 1.29 is 4.92 Å². The van der Waals surface area contributed by atoms with E-state index in [2.05, 4.69) is 38.1 Å². The van der Waals surface area contributed by atoms with Crippen LogP contribution in [0.3, 0.4) is 0 Å². The lowest BCUT2D eigenvalue weighted by Crippen LogP contribution is -2.16. The summed E-state index contributed by atoms with van der Waals surface area (Å²) >= 11 is 4.98. The number of rotatable bonds is 6. The van der Waals surface area contributed by atoms with Crippen molar-refractivity contribution in [3.8, 4) is 0 Å². The summed E-state index contributed by atoms with van der Waals surface area (Å²) in [4.78, 5) is 10.4. The molecule has 2 aromatic rings. The molecule has 0 aliphatic carbocycles. The highest BCUT2D eigenvalue weighted by Crippen LogP contribution is 2.21. The van der Waals surface area contributed by atoms with Crippen LogP contribution in [0.2, 0.25) is 0 Å². The van der Waals surface area contributed by atoms with Crippen LogP contribution >= 0.6 is 27.3 Å². The van der Waals surface area contributed by atoms with Gasteiger partial charge in [-0.15, -0.1) is 0 Å². The molecule has 1 heterocycles. The molecule has 0 unspecified atom stereocenters. The predicted molar refractivity (Wildman–Crippen MR) is 80.5 cm³/mol. The molecule has 0 radical (unpaired) electrons. The molecule has 0 spiro atoms. The van der Waals surface area contributed by atoms with Crippen LogP contribution in [0.5, 0.6) is 0 Å². The minimum absolute atomic E-state index is 0.115. The summed E-state index contributed by atoms with van der Waals surface area (Å²) in [6, 6.07) is 7.11. The smallest absolute Gasteiger partial charge is 0.270 e. The summed E-state index contributed by atoms with van der Waals surface area (Å²) in [6.45, 7) is 1.49. The molecular weight excluding hydrogens is 328 g/mol. The van der Waals surface area contributed by atoms with Crippen LogP contribution in [-0.4, -0.2) is 11.5 Å². The molecule has 0 bridgehead atoms. The summed E-state index contributed by atoms with van der Waals surface area (Å²) in [5.74, 6) is 0. The highest BCUT2D eigenvalue weighted by atomic mass is 79.9. The van der Waals surface area contributed by atoms with Crippen molar-refractivity contribution in [1.82, 2.24) is 5.32 Å². The van der Waals surface area contributed by atoms with Gasteiger partial charge in [0.1, 0.15) is 0 Å². The summed E-state index contributed by atoms with van der Waals surface area (Å²) in [7, 11) is 0. The Labute approximate surface area is 123 Å². The van der Waals surface area contributed by atoms with Crippen LogP contribution < -0.4 is 5.32 Å². The first-order valence-corrected chi connectivity index (χ1v) is 7.54. The first-order valence-electron chi connectivity index (χ1n) is 5.81. The fraction of sp³-hybridized carbons (Fsp3) is 0.231. The van der Waals surface area contributed by atoms with Gasteiger partial charge in [-0.05, 0) is 47.0 Å². The molecule has 1 aromatic heterocycles. The van der Waals surface area contributed by atoms with Gasteiger partial charge < -0.3 is 5.32 Å². The Hall–Kier alpha value is -1.24. The van der Waals surface area contributed by atoms with Crippen molar-refractivity contribution in [3.05, 3.63) is 60.7 Å². The third kappa shape index (κ3) is 4.41. The van der Waals surface area contributed by atoms with Crippen molar-refractivity contribution >= 4 is 33.0 Å². The number of hydrogen-bond donors (Lipinski definition) is 1. The fourth-order valence-electron chi connectivity index (χ4n) is 1.74. The van der Waals surface area contributed by atoms with Crippen molar-refractivity contribution in [2.45, 2.75) is 13.0 Å². The molecule has 100 valence electrons. The lowest BCUT2D eigenvalue weighted by Gasteiger charge is -2.05. The van der Waals surface area contributed by atoms with Crippen molar-refractivity contribution in [2.24, 2.45) is 0 Å². The monoisotopic (exact) mass is 340 g/mol. The maximum atomic E-state index is 10.8. The number of nitrogens with one attached hydrogen (secondary N) is 1. The highest BCUT2D eigenvalue weighted by Gasteiger charge is 2.08. The number of non-ortho nitro benzene ring substituents is 1. The van der Waals surface area contributed by atoms with Gasteiger partial charge in [-0.1, -0.05) is 15.9 Å². The molecule has 2 rings (SSSR count). The number of halogens is 1. The maximum absolute atomic E-state index is 10.8. The molecule has 0 aliphatic heterocycles. The Morgan fingerprint density at radius 2 is 2.16 bits per heavy atom. The van der Waals surface area contributed by atoms with Gasteiger partial charge in [-0.3, -0.25) is 10.1 Å². The Kier molecular flexibility index (Phi) is 5.07. The first kappa shape index (κ1) is 14.2. The summed E-state index contributed by atoms with van der Waals surface area (Å²) in [6.07, 6.45) is 0.972. The van der Waals surface area contributed by atoms with Gasteiger partial charge in [0.25, 0.3) is 5.69 Å². The molecule has 1 aromatic carbocycles. The van der Waals surface area contributed by atoms with E-state index in [-0.39, 0.29) is 10.6 Å². The zero-order chi connectivity index (χ0) is 13.7. The van der Waals surface area contributed by atoms with E-state index in [1.165, 1.54) is 11.6 Å². The lowest BCUT2D eigenvalue weighted by molar-refractivity contribution is -0.385. The minimum atomic E-state index is -0.375. The van der Waals surface area contributed by atoms with Crippen LogP contribution in [0, 0.1) is 10.1 Å². The van der Waals surface area contributed by atoms with Crippen LogP contribution in [0.15, 0.2) is 39.5 Å². The van der Waals surface area contributed by atoms with Gasteiger partial charge in [0.05, 0.1) is 4.92 Å². The molecule has 0 saturated heterocycles. The molecule has 6 heteroatoms. The van der Waals surface area contributed by atoms with E-state index in [4.69, 9.17) is 0 Å². The van der Waals surface area contributed by atoms with Crippen LogP contribution in [0.4, 0.5) is 5.69 Å². The largest absolute Gasteiger partial charge is 0.312 e. The first-order chi connectivity index (χ1) is 9.15. The van der Waals surface area contributed by atoms with Gasteiger partial charge >= 0.3 is 0 Å². The number of benzene rings is 1. The predicted octanol–water partition coefficient (Wildman–Crippen LogP) is 3.75. The molecule has 0 amide bonds. The van der Waals surface area contributed by atoms with Gasteiger partial charge in [0.2, 0.25) is 0 Å². The molecule has 19 heavy (non-hydrogen) atoms. The average Bonchev–Trinajstić information content (AvgIpc) is 2.87. The lowest BCUT2D eigenvalue weighted by atomic mass is 10.2. The van der Waals surface area contributed by atoms with Gasteiger partial charge in [-0.2, -0.15) is 11.3 Å². The van der Waals surface area contributed by atoms with Crippen LogP contribution in [-0.2, 0) is 13.0 Å². The Bertz CT molecular complexity index is 558. The van der Waals surface area contributed by atoms with E-state index in [0.29, 0.717) is 6.54 Å². The van der Waals surface area contributed by atoms with E-state index in [9.17, 15) is 10.1 Å². The second-order valence-electron chi connectivity index (χ2n) is 4.13. The fourth-order valence-corrected chi connectivity index (χ4v) is 2.97. The van der Waals surface area contributed by atoms with Crippen molar-refractivity contribution in [3.63, 3.8) is 0 Å². The standard InChI is InChI=1S/C13H13BrN2O2S/c14-12-5-11(6-13(7-12)16(17)18)8-15-3-1-10-2-4-19-9-10/h2,4-7,9,15H,1,3,8H2. The second kappa shape index (κ2) is 6.79. The van der Waals surface area contributed by atoms with E-state index in [0.717, 1.165) is 23.0 Å². The van der Waals surface area contributed by atoms with E-state index in [1.807, 2.05) is 6.07 Å². The van der Waals surface area contributed by atoms with Crippen LogP contribution in [0.25, 0.3) is 0 Å². The molecule has 0 fully saturated rings. The molecule has 0 aliphatic rings. The summed E-state index contributed by atoms with van der Waals surface area (Å²) in [5.41, 5.74) is 2.34. The zero-order valence-corrected chi connectivity index (χ0v) is 12.5. The highest BCUT2D eigenvalue weighted by molar-refractivity contribution is 9.10. The molecule has 0 saturated carbocycles. The Balaban J connectivity index is 1.87. The topological polar surface area (TPSA) is 55.2 Å². The van der Waals surface area contributed by atoms with Gasteiger partial charge in [0, 0.05) is 23.2 Å². The third-order valence-electron chi connectivity index (χ3n) is 2.65. The van der Waals surface area contributed by atoms with Crippen molar-refractivity contribution in [1.29, 1.82) is 0 Å². The minimum Gasteiger partial charge on any atom is -0.312 e. The Morgan fingerprint density at radius 1 is 1.32 bits per heavy atom. The second-order valence-corrected chi connectivity index (χ2v) is 5.83. The molecular formula is C13H13BrN2O2S.